The Hall–Kier alpha value is 0.380. The number of hydrogen-bond acceptors (Lipinski definition) is 0. The maximum atomic E-state index is 6.31. The van der Waals surface area contributed by atoms with E-state index in [0.717, 1.165) is 23.5 Å². The molecule has 1 aromatic rings. The van der Waals surface area contributed by atoms with Gasteiger partial charge in [0.25, 0.3) is 0 Å². The van der Waals surface area contributed by atoms with Gasteiger partial charge >= 0.3 is 0 Å². The lowest BCUT2D eigenvalue weighted by molar-refractivity contribution is 0.379. The van der Waals surface area contributed by atoms with E-state index in [4.69, 9.17) is 46.4 Å². The van der Waals surface area contributed by atoms with Crippen LogP contribution in [0.5, 0.6) is 0 Å². The van der Waals surface area contributed by atoms with Gasteiger partial charge in [-0.05, 0) is 82.4 Å². The molecule has 2 saturated carbocycles. The highest BCUT2D eigenvalue weighted by Crippen LogP contribution is 2.65. The predicted octanol–water partition coefficient (Wildman–Crippen LogP) is 6.28. The molecule has 0 heterocycles. The molecule has 0 amide bonds. The van der Waals surface area contributed by atoms with E-state index in [1.165, 1.54) is 12.8 Å². The fraction of sp³-hybridized carbons (Fsp3) is 0.700. The van der Waals surface area contributed by atoms with Gasteiger partial charge in [0.1, 0.15) is 0 Å². The zero-order chi connectivity index (χ0) is 16.6. The second-order valence-electron chi connectivity index (χ2n) is 8.28. The van der Waals surface area contributed by atoms with Crippen molar-refractivity contribution >= 4 is 46.4 Å². The van der Waals surface area contributed by atoms with E-state index in [1.807, 2.05) is 0 Å². The Morgan fingerprint density at radius 3 is 1.00 bits per heavy atom. The largest absolute Gasteiger partial charge is 0.126 e. The highest BCUT2D eigenvalue weighted by Gasteiger charge is 2.54. The molecule has 4 heteroatoms. The van der Waals surface area contributed by atoms with Gasteiger partial charge in [-0.2, -0.15) is 0 Å². The van der Waals surface area contributed by atoms with E-state index in [0.29, 0.717) is 47.3 Å². The van der Waals surface area contributed by atoms with Crippen molar-refractivity contribution in [1.29, 1.82) is 0 Å². The molecule has 4 aliphatic rings. The molecular formula is C20H22Cl4. The lowest BCUT2D eigenvalue weighted by atomic mass is 9.72. The molecule has 24 heavy (non-hydrogen) atoms. The monoisotopic (exact) mass is 402 g/mol. The number of halogens is 4. The summed E-state index contributed by atoms with van der Waals surface area (Å²) in [4.78, 5) is 0. The van der Waals surface area contributed by atoms with Crippen LogP contribution >= 0.6 is 46.4 Å². The number of hydrogen-bond donors (Lipinski definition) is 0. The van der Waals surface area contributed by atoms with Gasteiger partial charge in [0.05, 0.1) is 0 Å². The lowest BCUT2D eigenvalue weighted by Crippen LogP contribution is -2.27. The quantitative estimate of drug-likeness (QED) is 0.519. The Labute approximate surface area is 164 Å². The van der Waals surface area contributed by atoms with Crippen LogP contribution in [-0.2, 0) is 0 Å². The third kappa shape index (κ3) is 1.95. The van der Waals surface area contributed by atoms with Gasteiger partial charge in [0.15, 0.2) is 0 Å². The summed E-state index contributed by atoms with van der Waals surface area (Å²) in [6.45, 7) is 0. The van der Waals surface area contributed by atoms with E-state index >= 15 is 0 Å². The van der Waals surface area contributed by atoms with Crippen LogP contribution in [0.4, 0.5) is 0 Å². The summed E-state index contributed by atoms with van der Waals surface area (Å²) >= 11 is 25.3. The molecule has 2 fully saturated rings. The van der Waals surface area contributed by atoms with Gasteiger partial charge in [0, 0.05) is 23.5 Å². The molecule has 130 valence electrons. The van der Waals surface area contributed by atoms with Crippen LogP contribution in [0.1, 0.15) is 58.8 Å². The number of alkyl halides is 4. The lowest BCUT2D eigenvalue weighted by Gasteiger charge is -2.35. The maximum absolute atomic E-state index is 6.31. The molecule has 0 N–H and O–H groups in total. The fourth-order valence-electron chi connectivity index (χ4n) is 6.71. The molecule has 0 saturated heterocycles. The Morgan fingerprint density at radius 2 is 0.792 bits per heavy atom. The first kappa shape index (κ1) is 16.5. The highest BCUT2D eigenvalue weighted by molar-refractivity contribution is 6.19. The summed E-state index contributed by atoms with van der Waals surface area (Å²) in [7, 11) is 0. The first-order valence-electron chi connectivity index (χ1n) is 9.14. The molecule has 5 rings (SSSR count). The molecule has 8 atom stereocenters. The minimum atomic E-state index is 0.553. The molecule has 4 aliphatic carbocycles. The number of rotatable bonds is 4. The smallest absolute Gasteiger partial charge is 0.0260 e. The molecule has 0 aliphatic heterocycles. The summed E-state index contributed by atoms with van der Waals surface area (Å²) in [5.74, 6) is 7.63. The van der Waals surface area contributed by atoms with Crippen LogP contribution in [-0.4, -0.2) is 23.5 Å². The molecular weight excluding hydrogens is 382 g/mol. The molecule has 0 nitrogen and oxygen atoms in total. The van der Waals surface area contributed by atoms with Crippen LogP contribution in [0.15, 0.2) is 12.1 Å². The van der Waals surface area contributed by atoms with Crippen LogP contribution in [0.25, 0.3) is 0 Å². The van der Waals surface area contributed by atoms with Crippen molar-refractivity contribution < 1.29 is 0 Å². The van der Waals surface area contributed by atoms with Gasteiger partial charge in [-0.1, -0.05) is 12.1 Å². The summed E-state index contributed by atoms with van der Waals surface area (Å²) in [6.07, 6.45) is 2.50. The topological polar surface area (TPSA) is 0 Å². The average molecular weight is 404 g/mol. The van der Waals surface area contributed by atoms with E-state index in [-0.39, 0.29) is 0 Å². The second-order valence-corrected chi connectivity index (χ2v) is 9.51. The first-order valence-corrected chi connectivity index (χ1v) is 11.3. The highest BCUT2D eigenvalue weighted by atomic mass is 35.5. The SMILES string of the molecule is ClC[C@@H]1[C@H](CCl)[C@H]2C[C@@H]1c1cc3c(cc12)[C@@H]1C[C@H]3[C@H](CCl)[C@@H]1CCl. The van der Waals surface area contributed by atoms with E-state index in [9.17, 15) is 0 Å². The molecule has 0 spiro atoms. The summed E-state index contributed by atoms with van der Waals surface area (Å²) in [5.41, 5.74) is 6.31. The minimum absolute atomic E-state index is 0.553. The van der Waals surface area contributed by atoms with Crippen molar-refractivity contribution in [2.24, 2.45) is 23.7 Å². The molecule has 0 unspecified atom stereocenters. The minimum Gasteiger partial charge on any atom is -0.126 e. The molecule has 4 bridgehead atoms. The van der Waals surface area contributed by atoms with Crippen LogP contribution in [0.3, 0.4) is 0 Å². The van der Waals surface area contributed by atoms with E-state index in [1.54, 1.807) is 22.3 Å². The molecule has 0 radical (unpaired) electrons. The second kappa shape index (κ2) is 5.95. The zero-order valence-corrected chi connectivity index (χ0v) is 16.6. The third-order valence-corrected chi connectivity index (χ3v) is 9.21. The molecule has 0 aromatic heterocycles. The van der Waals surface area contributed by atoms with Crippen molar-refractivity contribution in [1.82, 2.24) is 0 Å². The van der Waals surface area contributed by atoms with Crippen LogP contribution in [0, 0.1) is 23.7 Å². The number of fused-ring (bicyclic) bond motifs is 10. The summed E-state index contributed by atoms with van der Waals surface area (Å²) < 4.78 is 0. The first-order chi connectivity index (χ1) is 11.7. The summed E-state index contributed by atoms with van der Waals surface area (Å²) in [6, 6.07) is 5.07. The Bertz CT molecular complexity index is 564. The zero-order valence-electron chi connectivity index (χ0n) is 13.5. The Morgan fingerprint density at radius 1 is 0.542 bits per heavy atom. The fourth-order valence-corrected chi connectivity index (χ4v) is 8.49. The van der Waals surface area contributed by atoms with Gasteiger partial charge < -0.3 is 0 Å². The van der Waals surface area contributed by atoms with Crippen molar-refractivity contribution in [2.45, 2.75) is 36.5 Å². The number of benzene rings is 1. The van der Waals surface area contributed by atoms with Gasteiger partial charge in [0.2, 0.25) is 0 Å². The predicted molar refractivity (Wildman–Crippen MR) is 103 cm³/mol. The standard InChI is InChI=1S/C20H22Cl4/c21-5-17-13-3-15(19(17)7-23)11-2-12-10(1-9(11)13)14-4-16(12)20(8-24)18(14)6-22/h1-2,13-20H,3-8H2/t13-,14-,15+,16+,17+,18+,19-,20-. The van der Waals surface area contributed by atoms with Gasteiger partial charge in [-0.15, -0.1) is 46.4 Å². The Balaban J connectivity index is 1.60. The average Bonchev–Trinajstić information content (AvgIpc) is 3.34. The third-order valence-electron chi connectivity index (χ3n) is 7.78. The molecule has 1 aromatic carbocycles. The normalized spacial score (nSPS) is 44.2. The van der Waals surface area contributed by atoms with Crippen LogP contribution in [0.2, 0.25) is 0 Å². The van der Waals surface area contributed by atoms with Gasteiger partial charge in [-0.3, -0.25) is 0 Å². The Kier molecular flexibility index (Phi) is 4.10. The van der Waals surface area contributed by atoms with E-state index < -0.39 is 0 Å². The summed E-state index contributed by atoms with van der Waals surface area (Å²) in [5, 5.41) is 0. The van der Waals surface area contributed by atoms with E-state index in [2.05, 4.69) is 12.1 Å². The van der Waals surface area contributed by atoms with Crippen LogP contribution < -0.4 is 0 Å². The van der Waals surface area contributed by atoms with Gasteiger partial charge in [-0.25, -0.2) is 0 Å². The van der Waals surface area contributed by atoms with Crippen molar-refractivity contribution in [3.63, 3.8) is 0 Å². The van der Waals surface area contributed by atoms with Crippen molar-refractivity contribution in [3.8, 4) is 0 Å². The maximum Gasteiger partial charge on any atom is 0.0260 e. The van der Waals surface area contributed by atoms with Crippen molar-refractivity contribution in [3.05, 3.63) is 34.4 Å². The van der Waals surface area contributed by atoms with Crippen molar-refractivity contribution in [2.75, 3.05) is 23.5 Å².